The highest BCUT2D eigenvalue weighted by molar-refractivity contribution is 7.88. The van der Waals surface area contributed by atoms with Crippen LogP contribution in [-0.4, -0.2) is 213 Å². The molecule has 0 aliphatic rings. The van der Waals surface area contributed by atoms with Crippen LogP contribution in [0.4, 0.5) is 0 Å². The zero-order chi connectivity index (χ0) is 53.2. The minimum absolute atomic E-state index is 0. The largest absolute Gasteiger partial charge is 1.00 e. The third kappa shape index (κ3) is 15.2. The second kappa shape index (κ2) is 37.1. The van der Waals surface area contributed by atoms with Gasteiger partial charge in [-0.1, -0.05) is 166 Å². The highest BCUT2D eigenvalue weighted by Crippen LogP contribution is 2.88. The van der Waals surface area contributed by atoms with Crippen LogP contribution in [0.25, 0.3) is 0 Å². The summed E-state index contributed by atoms with van der Waals surface area (Å²) in [5.41, 5.74) is 0. The number of rotatable bonds is 40. The van der Waals surface area contributed by atoms with Crippen molar-refractivity contribution < 1.29 is 12.4 Å². The van der Waals surface area contributed by atoms with E-state index in [0.29, 0.717) is 0 Å². The zero-order valence-corrected chi connectivity index (χ0v) is 56.0. The average Bonchev–Trinajstić information content (AvgIpc) is 3.35. The van der Waals surface area contributed by atoms with Crippen LogP contribution >= 0.6 is 37.9 Å². The average molecular weight is 1110 g/mol. The molecular weight excluding hydrogens is 991 g/mol. The molecule has 0 saturated carbocycles. The van der Waals surface area contributed by atoms with Gasteiger partial charge in [-0.2, -0.15) is 0 Å². The predicted molar refractivity (Wildman–Crippen MR) is 319 cm³/mol. The Hall–Kier alpha value is 1.16. The van der Waals surface area contributed by atoms with E-state index in [0.717, 1.165) is 157 Å². The quantitative estimate of drug-likeness (QED) is 0.0548. The van der Waals surface area contributed by atoms with Crippen molar-refractivity contribution >= 4 is 37.9 Å². The van der Waals surface area contributed by atoms with E-state index < -0.39 is 37.9 Å². The lowest BCUT2D eigenvalue weighted by molar-refractivity contribution is -0.0000183. The van der Waals surface area contributed by atoms with Crippen molar-refractivity contribution in [1.29, 1.82) is 0 Å². The minimum Gasteiger partial charge on any atom is -1.00 e. The third-order valence-corrected chi connectivity index (χ3v) is 37.8. The molecule has 0 unspecified atom stereocenters. The van der Waals surface area contributed by atoms with Crippen molar-refractivity contribution in [1.82, 2.24) is 56.0 Å². The lowest BCUT2D eigenvalue weighted by Crippen LogP contribution is -3.00. The maximum atomic E-state index is 7.12. The van der Waals surface area contributed by atoms with E-state index in [9.17, 15) is 0 Å². The fourth-order valence-electron chi connectivity index (χ4n) is 10.8. The smallest absolute Gasteiger partial charge is 0.502 e. The molecule has 0 fully saturated rings. The molecule has 0 atom stereocenters. The Morgan fingerprint density at radius 2 is 0.257 bits per heavy atom. The van der Waals surface area contributed by atoms with Gasteiger partial charge < -0.3 is 12.4 Å². The SMILES string of the molecule is CCN(CC)P(=N[P+](N=P(N(CC)CC)(N(CC)CC)N(CC)CC)(N=P(N(CC)CC)(N(CC)CC)N(CC)CC)N=P(N(CC)CC)(N(CC)CC)N(CC)CC)(N(CC)CC)N(CC)CC.[Cl-]. The number of hydrogen-bond donors (Lipinski definition) is 0. The van der Waals surface area contributed by atoms with Crippen molar-refractivity contribution in [3.8, 4) is 0 Å². The first-order chi connectivity index (χ1) is 33.1. The summed E-state index contributed by atoms with van der Waals surface area (Å²) in [6.45, 7) is 77.6. The molecule has 0 aliphatic heterocycles. The molecule has 0 radical (unpaired) electrons. The summed E-state index contributed by atoms with van der Waals surface area (Å²) >= 11 is 0. The standard InChI is InChI=1S/C48H120N16P5.ClH/c1-25-53(26-2)66(54(27-3)28-4,55(29-5)30-6)49-65(50-67(56(31-7)32-8,57(33-9)34-10)58(35-11)36-12,51-68(59(37-13)38-14,60(39-15)40-16)61(41-17)42-18)52-69(62(43-19)44-20,63(45-21)46-22)64(47-23)48-24;/h25-48H2,1-24H3;1H/q+1;/p-1. The van der Waals surface area contributed by atoms with Gasteiger partial charge >= 0.3 is 7.87 Å². The highest BCUT2D eigenvalue weighted by Gasteiger charge is 2.60. The summed E-state index contributed by atoms with van der Waals surface area (Å²) in [5.74, 6) is 0. The van der Waals surface area contributed by atoms with Crippen LogP contribution in [0.1, 0.15) is 166 Å². The predicted octanol–water partition coefficient (Wildman–Crippen LogP) is 11.6. The van der Waals surface area contributed by atoms with Gasteiger partial charge in [-0.3, -0.25) is 0 Å². The second-order valence-electron chi connectivity index (χ2n) is 16.7. The maximum Gasteiger partial charge on any atom is 0.502 e. The molecule has 0 saturated heterocycles. The molecule has 0 bridgehead atoms. The molecular formula is C48H120ClN16P5. The second-order valence-corrected chi connectivity index (χ2v) is 31.7. The van der Waals surface area contributed by atoms with Gasteiger partial charge in [0.2, 0.25) is 30.0 Å². The molecule has 0 aromatic carbocycles. The number of nitrogens with zero attached hydrogens (tertiary/aromatic N) is 16. The Kier molecular flexibility index (Phi) is 38.8. The molecule has 16 nitrogen and oxygen atoms in total. The fraction of sp³-hybridized carbons (Fsp3) is 1.00. The van der Waals surface area contributed by atoms with E-state index in [1.54, 1.807) is 0 Å². The summed E-state index contributed by atoms with van der Waals surface area (Å²) in [6, 6.07) is 0. The molecule has 0 N–H and O–H groups in total. The van der Waals surface area contributed by atoms with Crippen molar-refractivity contribution in [2.75, 3.05) is 157 Å². The van der Waals surface area contributed by atoms with Gasteiger partial charge in [0.15, 0.2) is 0 Å². The number of halogens is 1. The normalized spacial score (nSPS) is 13.7. The Labute approximate surface area is 445 Å². The summed E-state index contributed by atoms with van der Waals surface area (Å²) in [4.78, 5) is 0. The van der Waals surface area contributed by atoms with Crippen molar-refractivity contribution in [2.45, 2.75) is 166 Å². The molecule has 0 spiro atoms. The first-order valence-corrected chi connectivity index (χ1v) is 36.6. The van der Waals surface area contributed by atoms with Gasteiger partial charge in [0.05, 0.1) is 0 Å². The van der Waals surface area contributed by atoms with Crippen molar-refractivity contribution in [2.24, 2.45) is 18.1 Å². The van der Waals surface area contributed by atoms with Gasteiger partial charge in [-0.15, -0.1) is 0 Å². The Bertz CT molecular complexity index is 1180. The van der Waals surface area contributed by atoms with E-state index >= 15 is 0 Å². The number of hydrogen-bond acceptors (Lipinski definition) is 4. The zero-order valence-electron chi connectivity index (χ0n) is 50.7. The Morgan fingerprint density at radius 3 is 0.314 bits per heavy atom. The van der Waals surface area contributed by atoms with E-state index in [1.165, 1.54) is 0 Å². The molecule has 22 heteroatoms. The van der Waals surface area contributed by atoms with E-state index in [4.69, 9.17) is 18.1 Å². The van der Waals surface area contributed by atoms with Crippen LogP contribution in [-0.2, 0) is 0 Å². The molecule has 0 rings (SSSR count). The minimum atomic E-state index is -3.75. The Morgan fingerprint density at radius 1 is 0.186 bits per heavy atom. The van der Waals surface area contributed by atoms with Gasteiger partial charge in [0.1, 0.15) is 0 Å². The van der Waals surface area contributed by atoms with E-state index in [1.807, 2.05) is 0 Å². The van der Waals surface area contributed by atoms with Crippen LogP contribution < -0.4 is 12.4 Å². The summed E-state index contributed by atoms with van der Waals surface area (Å²) < 4.78 is 61.6. The monoisotopic (exact) mass is 1110 g/mol. The van der Waals surface area contributed by atoms with Crippen LogP contribution in [0.5, 0.6) is 0 Å². The molecule has 70 heavy (non-hydrogen) atoms. The van der Waals surface area contributed by atoms with Gasteiger partial charge in [0, 0.05) is 157 Å². The molecule has 424 valence electrons. The van der Waals surface area contributed by atoms with Crippen LogP contribution in [0.2, 0.25) is 0 Å². The summed E-state index contributed by atoms with van der Waals surface area (Å²) in [5, 5.41) is 0. The van der Waals surface area contributed by atoms with Crippen molar-refractivity contribution in [3.05, 3.63) is 0 Å². The first-order valence-electron chi connectivity index (χ1n) is 28.6. The topological polar surface area (TPSA) is 88.3 Å². The maximum absolute atomic E-state index is 7.12. The van der Waals surface area contributed by atoms with Crippen LogP contribution in [0.3, 0.4) is 0 Å². The first kappa shape index (κ1) is 73.2. The molecule has 0 amide bonds. The van der Waals surface area contributed by atoms with E-state index in [2.05, 4.69) is 222 Å². The lowest BCUT2D eigenvalue weighted by Gasteiger charge is -2.50. The Balaban J connectivity index is 0. The molecule has 0 aliphatic carbocycles. The lowest BCUT2D eigenvalue weighted by atomic mass is 10.7. The van der Waals surface area contributed by atoms with Crippen LogP contribution in [0, 0.1) is 0 Å². The highest BCUT2D eigenvalue weighted by atomic mass is 35.5. The molecule has 0 heterocycles. The van der Waals surface area contributed by atoms with Crippen LogP contribution in [0.15, 0.2) is 18.1 Å². The fourth-order valence-corrected chi connectivity index (χ4v) is 37.6. The van der Waals surface area contributed by atoms with Crippen molar-refractivity contribution in [3.63, 3.8) is 0 Å². The molecule has 0 aromatic heterocycles. The van der Waals surface area contributed by atoms with Gasteiger partial charge in [0.25, 0.3) is 0 Å². The van der Waals surface area contributed by atoms with Gasteiger partial charge in [-0.25, -0.2) is 56.0 Å². The summed E-state index contributed by atoms with van der Waals surface area (Å²) in [7, 11) is -15.2. The molecule has 0 aromatic rings. The van der Waals surface area contributed by atoms with Gasteiger partial charge in [-0.05, 0) is 18.1 Å². The summed E-state index contributed by atoms with van der Waals surface area (Å²) in [6.07, 6.45) is 0. The van der Waals surface area contributed by atoms with E-state index in [-0.39, 0.29) is 12.4 Å². The third-order valence-electron chi connectivity index (χ3n) is 14.3.